The predicted molar refractivity (Wildman–Crippen MR) is 112 cm³/mol. The number of nitrogen functional groups attached to an aromatic ring is 1. The number of hydrogen-bond donors (Lipinski definition) is 3. The van der Waals surface area contributed by atoms with Gasteiger partial charge in [-0.2, -0.15) is 0 Å². The first-order valence-electron chi connectivity index (χ1n) is 8.34. The second kappa shape index (κ2) is 9.15. The van der Waals surface area contributed by atoms with Crippen LogP contribution in [0.15, 0.2) is 52.0 Å². The molecule has 0 aliphatic carbocycles. The quantitative estimate of drug-likeness (QED) is 0.437. The molecule has 0 saturated heterocycles. The van der Waals surface area contributed by atoms with Crippen molar-refractivity contribution in [2.75, 3.05) is 15.8 Å². The third-order valence-corrected chi connectivity index (χ3v) is 7.10. The molecule has 1 amide bonds. The molecule has 1 aromatic carbocycles. The van der Waals surface area contributed by atoms with Gasteiger partial charge in [-0.15, -0.1) is 10.2 Å². The number of nitrogens with one attached hydrogen (secondary N) is 2. The summed E-state index contributed by atoms with van der Waals surface area (Å²) < 4.78 is 27.7. The van der Waals surface area contributed by atoms with Crippen LogP contribution in [0.2, 0.25) is 0 Å². The Balaban J connectivity index is 1.65. The topological polar surface area (TPSA) is 153 Å². The van der Waals surface area contributed by atoms with Crippen LogP contribution in [0.4, 0.5) is 16.8 Å². The predicted octanol–water partition coefficient (Wildman–Crippen LogP) is 2.22. The average molecular weight is 452 g/mol. The monoisotopic (exact) mass is 451 g/mol. The molecule has 13 heteroatoms. The van der Waals surface area contributed by atoms with Crippen LogP contribution >= 0.6 is 23.1 Å². The first kappa shape index (κ1) is 21.0. The first-order valence-corrected chi connectivity index (χ1v) is 11.5. The summed E-state index contributed by atoms with van der Waals surface area (Å²) >= 11 is 2.49. The van der Waals surface area contributed by atoms with Crippen LogP contribution in [0.5, 0.6) is 0 Å². The van der Waals surface area contributed by atoms with Crippen molar-refractivity contribution >= 4 is 55.8 Å². The molecule has 4 N–H and O–H groups in total. The van der Waals surface area contributed by atoms with Gasteiger partial charge in [0.25, 0.3) is 10.0 Å². The summed E-state index contributed by atoms with van der Waals surface area (Å²) in [5.74, 6) is -0.248. The number of benzene rings is 1. The van der Waals surface area contributed by atoms with E-state index in [1.54, 1.807) is 6.07 Å². The van der Waals surface area contributed by atoms with E-state index >= 15 is 0 Å². The molecular formula is C16H17N7O3S3. The van der Waals surface area contributed by atoms with E-state index in [-0.39, 0.29) is 22.0 Å². The molecule has 0 radical (unpaired) electrons. The van der Waals surface area contributed by atoms with Crippen molar-refractivity contribution < 1.29 is 13.2 Å². The lowest BCUT2D eigenvalue weighted by Crippen LogP contribution is -2.24. The maximum Gasteiger partial charge on any atom is 0.264 e. The molecule has 0 saturated carbocycles. The van der Waals surface area contributed by atoms with Gasteiger partial charge in [0.15, 0.2) is 4.34 Å². The SMILES string of the molecule is CCC(Sc1nnc(N)s1)C(=O)Nc1ccc(S(=O)(=O)Nc2ncccn2)cc1. The van der Waals surface area contributed by atoms with Gasteiger partial charge in [0.2, 0.25) is 17.0 Å². The van der Waals surface area contributed by atoms with E-state index in [2.05, 4.69) is 30.2 Å². The third kappa shape index (κ3) is 5.62. The molecule has 0 aliphatic heterocycles. The van der Waals surface area contributed by atoms with E-state index in [9.17, 15) is 13.2 Å². The lowest BCUT2D eigenvalue weighted by atomic mass is 10.3. The minimum absolute atomic E-state index is 0.0219. The number of amides is 1. The number of carbonyl (C=O) groups excluding carboxylic acids is 1. The van der Waals surface area contributed by atoms with Gasteiger partial charge in [-0.05, 0) is 36.8 Å². The third-order valence-electron chi connectivity index (χ3n) is 3.55. The smallest absolute Gasteiger partial charge is 0.264 e. The van der Waals surface area contributed by atoms with Crippen molar-refractivity contribution in [3.63, 3.8) is 0 Å². The molecule has 29 heavy (non-hydrogen) atoms. The molecule has 0 spiro atoms. The summed E-state index contributed by atoms with van der Waals surface area (Å²) in [6.45, 7) is 1.88. The number of thioether (sulfide) groups is 1. The van der Waals surface area contributed by atoms with Crippen LogP contribution in [0.25, 0.3) is 0 Å². The highest BCUT2D eigenvalue weighted by molar-refractivity contribution is 8.02. The average Bonchev–Trinajstić information content (AvgIpc) is 3.11. The number of hydrogen-bond acceptors (Lipinski definition) is 10. The molecule has 3 aromatic rings. The molecular weight excluding hydrogens is 434 g/mol. The molecule has 152 valence electrons. The van der Waals surface area contributed by atoms with Crippen LogP contribution in [0.3, 0.4) is 0 Å². The number of nitrogens with zero attached hydrogens (tertiary/aromatic N) is 4. The van der Waals surface area contributed by atoms with Crippen molar-refractivity contribution in [1.82, 2.24) is 20.2 Å². The Labute approximate surface area is 175 Å². The van der Waals surface area contributed by atoms with E-state index in [4.69, 9.17) is 5.73 Å². The van der Waals surface area contributed by atoms with Gasteiger partial charge in [0, 0.05) is 18.1 Å². The summed E-state index contributed by atoms with van der Waals surface area (Å²) in [5.41, 5.74) is 6.04. The molecule has 0 fully saturated rings. The number of carbonyl (C=O) groups is 1. The Morgan fingerprint density at radius 2 is 1.90 bits per heavy atom. The van der Waals surface area contributed by atoms with E-state index in [1.165, 1.54) is 59.8 Å². The van der Waals surface area contributed by atoms with Gasteiger partial charge in [-0.1, -0.05) is 30.0 Å². The van der Waals surface area contributed by atoms with Gasteiger partial charge in [0.1, 0.15) is 0 Å². The van der Waals surface area contributed by atoms with E-state index < -0.39 is 10.0 Å². The molecule has 1 atom stereocenters. The van der Waals surface area contributed by atoms with Crippen molar-refractivity contribution in [3.05, 3.63) is 42.7 Å². The second-order valence-electron chi connectivity index (χ2n) is 5.61. The van der Waals surface area contributed by atoms with E-state index in [0.29, 0.717) is 21.6 Å². The number of nitrogens with two attached hydrogens (primary N) is 1. The number of anilines is 3. The van der Waals surface area contributed by atoms with E-state index in [0.717, 1.165) is 0 Å². The fourth-order valence-electron chi connectivity index (χ4n) is 2.18. The molecule has 2 aromatic heterocycles. The molecule has 0 bridgehead atoms. The highest BCUT2D eigenvalue weighted by Gasteiger charge is 2.21. The highest BCUT2D eigenvalue weighted by atomic mass is 32.2. The Hall–Kier alpha value is -2.77. The summed E-state index contributed by atoms with van der Waals surface area (Å²) in [5, 5.41) is 10.4. The Kier molecular flexibility index (Phi) is 6.61. The molecule has 1 unspecified atom stereocenters. The zero-order valence-electron chi connectivity index (χ0n) is 15.1. The van der Waals surface area contributed by atoms with Crippen molar-refractivity contribution in [1.29, 1.82) is 0 Å². The standard InChI is InChI=1S/C16H17N7O3S3/c1-2-12(27-16-22-21-14(17)28-16)13(24)20-10-4-6-11(7-5-10)29(25,26)23-15-18-8-3-9-19-15/h3-9,12H,2H2,1H3,(H2,17,21)(H,20,24)(H,18,19,23). The van der Waals surface area contributed by atoms with Gasteiger partial charge in [-0.3, -0.25) is 4.79 Å². The largest absolute Gasteiger partial charge is 0.374 e. The van der Waals surface area contributed by atoms with Crippen molar-refractivity contribution in [3.8, 4) is 0 Å². The molecule has 10 nitrogen and oxygen atoms in total. The summed E-state index contributed by atoms with van der Waals surface area (Å²) in [6.07, 6.45) is 3.44. The van der Waals surface area contributed by atoms with E-state index in [1.807, 2.05) is 6.92 Å². The van der Waals surface area contributed by atoms with Crippen LogP contribution in [-0.2, 0) is 14.8 Å². The van der Waals surface area contributed by atoms with Crippen LogP contribution < -0.4 is 15.8 Å². The summed E-state index contributed by atoms with van der Waals surface area (Å²) in [6, 6.07) is 7.38. The Morgan fingerprint density at radius 1 is 1.21 bits per heavy atom. The van der Waals surface area contributed by atoms with Crippen molar-refractivity contribution in [2.45, 2.75) is 27.8 Å². The van der Waals surface area contributed by atoms with Crippen LogP contribution in [-0.4, -0.2) is 39.7 Å². The number of rotatable bonds is 8. The van der Waals surface area contributed by atoms with Gasteiger partial charge in [0.05, 0.1) is 10.1 Å². The molecule has 0 aliphatic rings. The molecule has 2 heterocycles. The zero-order valence-corrected chi connectivity index (χ0v) is 17.6. The van der Waals surface area contributed by atoms with Crippen molar-refractivity contribution in [2.24, 2.45) is 0 Å². The normalized spacial score (nSPS) is 12.3. The van der Waals surface area contributed by atoms with Crippen LogP contribution in [0, 0.1) is 0 Å². The summed E-state index contributed by atoms with van der Waals surface area (Å²) in [7, 11) is -3.84. The van der Waals surface area contributed by atoms with Crippen LogP contribution in [0.1, 0.15) is 13.3 Å². The first-order chi connectivity index (χ1) is 13.9. The minimum atomic E-state index is -3.84. The highest BCUT2D eigenvalue weighted by Crippen LogP contribution is 2.30. The lowest BCUT2D eigenvalue weighted by Gasteiger charge is -2.13. The minimum Gasteiger partial charge on any atom is -0.374 e. The van der Waals surface area contributed by atoms with Gasteiger partial charge < -0.3 is 11.1 Å². The van der Waals surface area contributed by atoms with Gasteiger partial charge in [-0.25, -0.2) is 23.1 Å². The maximum absolute atomic E-state index is 12.5. The second-order valence-corrected chi connectivity index (χ2v) is 9.75. The molecule has 3 rings (SSSR count). The zero-order chi connectivity index (χ0) is 20.9. The Bertz CT molecular complexity index is 1070. The number of aromatic nitrogens is 4. The maximum atomic E-state index is 12.5. The van der Waals surface area contributed by atoms with Gasteiger partial charge >= 0.3 is 0 Å². The Morgan fingerprint density at radius 3 is 2.48 bits per heavy atom. The fourth-order valence-corrected chi connectivity index (χ4v) is 4.94. The summed E-state index contributed by atoms with van der Waals surface area (Å²) in [4.78, 5) is 20.2. The number of sulfonamides is 1. The fraction of sp³-hybridized carbons (Fsp3) is 0.188. The lowest BCUT2D eigenvalue weighted by molar-refractivity contribution is -0.115.